The van der Waals surface area contributed by atoms with E-state index in [9.17, 15) is 13.2 Å². The number of aryl methyl sites for hydroxylation is 2. The smallest absolute Gasteiger partial charge is 0.262 e. The van der Waals surface area contributed by atoms with Crippen LogP contribution in [0, 0.1) is 13.8 Å². The van der Waals surface area contributed by atoms with Crippen molar-refractivity contribution < 1.29 is 17.9 Å². The van der Waals surface area contributed by atoms with Crippen molar-refractivity contribution in [3.8, 4) is 5.75 Å². The fourth-order valence-electron chi connectivity index (χ4n) is 2.85. The van der Waals surface area contributed by atoms with E-state index >= 15 is 0 Å². The van der Waals surface area contributed by atoms with Crippen LogP contribution >= 0.6 is 0 Å². The summed E-state index contributed by atoms with van der Waals surface area (Å²) in [5.74, 6) is 0.168. The number of nitrogens with one attached hydrogen (secondary N) is 2. The number of carbonyl (C=O) groups is 1. The maximum atomic E-state index is 12.6. The van der Waals surface area contributed by atoms with Gasteiger partial charge in [0.2, 0.25) is 10.0 Å². The summed E-state index contributed by atoms with van der Waals surface area (Å²) in [5, 5.41) is 2.80. The Hall–Kier alpha value is -3.16. The Balaban J connectivity index is 1.60. The normalized spacial score (nSPS) is 11.1. The van der Waals surface area contributed by atoms with Crippen LogP contribution in [0.4, 0.5) is 5.69 Å². The third-order valence-electron chi connectivity index (χ3n) is 4.54. The SMILES string of the molecule is Cc1ccccc1NC(=O)COc1ccc(S(=O)(=O)NCc2ccccc2)cc1C. The molecule has 0 bridgehead atoms. The second-order valence-corrected chi connectivity index (χ2v) is 8.66. The Kier molecular flexibility index (Phi) is 6.87. The largest absolute Gasteiger partial charge is 0.483 e. The molecule has 156 valence electrons. The van der Waals surface area contributed by atoms with E-state index in [1.807, 2.05) is 61.5 Å². The number of hydrogen-bond donors (Lipinski definition) is 2. The molecule has 0 aromatic heterocycles. The van der Waals surface area contributed by atoms with E-state index in [4.69, 9.17) is 4.74 Å². The summed E-state index contributed by atoms with van der Waals surface area (Å²) in [6, 6.07) is 21.3. The minimum absolute atomic E-state index is 0.146. The number of amides is 1. The maximum Gasteiger partial charge on any atom is 0.262 e. The summed E-state index contributed by atoms with van der Waals surface area (Å²) in [6.45, 7) is 3.68. The van der Waals surface area contributed by atoms with Crippen molar-refractivity contribution in [3.63, 3.8) is 0 Å². The molecule has 3 aromatic rings. The van der Waals surface area contributed by atoms with E-state index in [0.717, 1.165) is 16.8 Å². The second kappa shape index (κ2) is 9.56. The zero-order valence-corrected chi connectivity index (χ0v) is 17.7. The van der Waals surface area contributed by atoms with E-state index in [0.29, 0.717) is 11.3 Å². The van der Waals surface area contributed by atoms with Crippen LogP contribution in [0.1, 0.15) is 16.7 Å². The highest BCUT2D eigenvalue weighted by Gasteiger charge is 2.16. The monoisotopic (exact) mass is 424 g/mol. The Morgan fingerprint density at radius 1 is 0.900 bits per heavy atom. The highest BCUT2D eigenvalue weighted by atomic mass is 32.2. The summed E-state index contributed by atoms with van der Waals surface area (Å²) in [4.78, 5) is 12.3. The molecule has 1 amide bonds. The number of benzene rings is 3. The number of anilines is 1. The third-order valence-corrected chi connectivity index (χ3v) is 5.94. The number of ether oxygens (including phenoxy) is 1. The van der Waals surface area contributed by atoms with Gasteiger partial charge in [-0.15, -0.1) is 0 Å². The zero-order valence-electron chi connectivity index (χ0n) is 16.9. The molecule has 0 aliphatic heterocycles. The van der Waals surface area contributed by atoms with Gasteiger partial charge in [0.15, 0.2) is 6.61 Å². The van der Waals surface area contributed by atoms with Crippen LogP contribution in [0.5, 0.6) is 5.75 Å². The summed E-state index contributed by atoms with van der Waals surface area (Å²) in [6.07, 6.45) is 0. The van der Waals surface area contributed by atoms with E-state index in [2.05, 4.69) is 10.0 Å². The molecule has 0 fully saturated rings. The maximum absolute atomic E-state index is 12.6. The molecule has 0 saturated carbocycles. The number of hydrogen-bond acceptors (Lipinski definition) is 4. The molecule has 0 aliphatic rings. The quantitative estimate of drug-likeness (QED) is 0.576. The number of rotatable bonds is 8. The average Bonchev–Trinajstić information content (AvgIpc) is 2.74. The van der Waals surface area contributed by atoms with Crippen LogP contribution in [0.2, 0.25) is 0 Å². The molecule has 2 N–H and O–H groups in total. The van der Waals surface area contributed by atoms with Gasteiger partial charge >= 0.3 is 0 Å². The molecule has 30 heavy (non-hydrogen) atoms. The van der Waals surface area contributed by atoms with Crippen LogP contribution in [-0.4, -0.2) is 20.9 Å². The van der Waals surface area contributed by atoms with Gasteiger partial charge in [-0.2, -0.15) is 0 Å². The Labute approximate surface area is 177 Å². The molecular formula is C23H24N2O4S. The van der Waals surface area contributed by atoms with Crippen LogP contribution in [0.15, 0.2) is 77.7 Å². The van der Waals surface area contributed by atoms with Gasteiger partial charge in [-0.3, -0.25) is 4.79 Å². The number of carbonyl (C=O) groups excluding carboxylic acids is 1. The third kappa shape index (κ3) is 5.68. The van der Waals surface area contributed by atoms with Crippen molar-refractivity contribution >= 4 is 21.6 Å². The van der Waals surface area contributed by atoms with Gasteiger partial charge in [-0.1, -0.05) is 48.5 Å². The minimum atomic E-state index is -3.66. The molecule has 0 unspecified atom stereocenters. The lowest BCUT2D eigenvalue weighted by molar-refractivity contribution is -0.118. The summed E-state index contributed by atoms with van der Waals surface area (Å²) in [5.41, 5.74) is 3.19. The fourth-order valence-corrected chi connectivity index (χ4v) is 3.95. The van der Waals surface area contributed by atoms with Gasteiger partial charge in [0.1, 0.15) is 5.75 Å². The van der Waals surface area contributed by atoms with Gasteiger partial charge < -0.3 is 10.1 Å². The first-order valence-corrected chi connectivity index (χ1v) is 11.0. The number of sulfonamides is 1. The average molecular weight is 425 g/mol. The molecule has 0 radical (unpaired) electrons. The van der Waals surface area contributed by atoms with Gasteiger partial charge in [-0.25, -0.2) is 13.1 Å². The zero-order chi connectivity index (χ0) is 21.6. The van der Waals surface area contributed by atoms with Crippen LogP contribution in [-0.2, 0) is 21.4 Å². The van der Waals surface area contributed by atoms with Crippen molar-refractivity contribution in [1.29, 1.82) is 0 Å². The number of para-hydroxylation sites is 1. The minimum Gasteiger partial charge on any atom is -0.483 e. The molecule has 3 rings (SSSR count). The summed E-state index contributed by atoms with van der Waals surface area (Å²) < 4.78 is 33.3. The second-order valence-electron chi connectivity index (χ2n) is 6.89. The molecule has 7 heteroatoms. The lowest BCUT2D eigenvalue weighted by Gasteiger charge is -2.12. The first-order chi connectivity index (χ1) is 14.3. The van der Waals surface area contributed by atoms with Crippen LogP contribution in [0.25, 0.3) is 0 Å². The Bertz CT molecular complexity index is 1130. The summed E-state index contributed by atoms with van der Waals surface area (Å²) >= 11 is 0. The van der Waals surface area contributed by atoms with Crippen molar-refractivity contribution in [3.05, 3.63) is 89.5 Å². The molecule has 0 saturated heterocycles. The summed E-state index contributed by atoms with van der Waals surface area (Å²) in [7, 11) is -3.66. The fraction of sp³-hybridized carbons (Fsp3) is 0.174. The van der Waals surface area contributed by atoms with Crippen molar-refractivity contribution in [1.82, 2.24) is 4.72 Å². The van der Waals surface area contributed by atoms with Crippen molar-refractivity contribution in [2.75, 3.05) is 11.9 Å². The molecule has 3 aromatic carbocycles. The van der Waals surface area contributed by atoms with Crippen LogP contribution < -0.4 is 14.8 Å². The predicted molar refractivity (Wildman–Crippen MR) is 117 cm³/mol. The first kappa shape index (κ1) is 21.5. The molecule has 0 spiro atoms. The molecule has 0 heterocycles. The van der Waals surface area contributed by atoms with E-state index in [1.54, 1.807) is 13.0 Å². The van der Waals surface area contributed by atoms with E-state index in [-0.39, 0.29) is 24.0 Å². The molecule has 0 atom stereocenters. The Morgan fingerprint density at radius 2 is 1.60 bits per heavy atom. The highest BCUT2D eigenvalue weighted by Crippen LogP contribution is 2.22. The van der Waals surface area contributed by atoms with Gasteiger partial charge in [0.25, 0.3) is 5.91 Å². The van der Waals surface area contributed by atoms with Crippen molar-refractivity contribution in [2.45, 2.75) is 25.3 Å². The standard InChI is InChI=1S/C23H24N2O4S/c1-17-8-6-7-11-21(17)25-23(26)16-29-22-13-12-20(14-18(22)2)30(27,28)24-15-19-9-4-3-5-10-19/h3-14,24H,15-16H2,1-2H3,(H,25,26). The lowest BCUT2D eigenvalue weighted by atomic mass is 10.2. The molecule has 6 nitrogen and oxygen atoms in total. The van der Waals surface area contributed by atoms with E-state index < -0.39 is 10.0 Å². The van der Waals surface area contributed by atoms with Gasteiger partial charge in [0.05, 0.1) is 4.90 Å². The topological polar surface area (TPSA) is 84.5 Å². The Morgan fingerprint density at radius 3 is 2.30 bits per heavy atom. The lowest BCUT2D eigenvalue weighted by Crippen LogP contribution is -2.23. The first-order valence-electron chi connectivity index (χ1n) is 9.48. The van der Waals surface area contributed by atoms with Gasteiger partial charge in [0, 0.05) is 12.2 Å². The molecule has 0 aliphatic carbocycles. The van der Waals surface area contributed by atoms with Crippen molar-refractivity contribution in [2.24, 2.45) is 0 Å². The van der Waals surface area contributed by atoms with Gasteiger partial charge in [-0.05, 0) is 54.8 Å². The molecular weight excluding hydrogens is 400 g/mol. The van der Waals surface area contributed by atoms with Crippen LogP contribution in [0.3, 0.4) is 0 Å². The van der Waals surface area contributed by atoms with E-state index in [1.165, 1.54) is 12.1 Å². The predicted octanol–water partition coefficient (Wildman–Crippen LogP) is 3.80. The highest BCUT2D eigenvalue weighted by molar-refractivity contribution is 7.89.